The Bertz CT molecular complexity index is 374. The second-order valence-corrected chi connectivity index (χ2v) is 5.28. The summed E-state index contributed by atoms with van der Waals surface area (Å²) in [7, 11) is -2.53. The van der Waals surface area contributed by atoms with Crippen LogP contribution in [0.15, 0.2) is 22.7 Å². The molecule has 0 fully saturated rings. The van der Waals surface area contributed by atoms with Crippen LogP contribution in [0, 0.1) is 0 Å². The molecule has 1 rings (SSSR count). The molecular weight excluding hydrogens is 271 g/mol. The average molecular weight is 281 g/mol. The zero-order valence-electron chi connectivity index (χ0n) is 7.48. The molecule has 0 bridgehead atoms. The fourth-order valence-corrected chi connectivity index (χ4v) is 2.33. The molecule has 14 heavy (non-hydrogen) atoms. The predicted molar refractivity (Wildman–Crippen MR) is 56.4 cm³/mol. The summed E-state index contributed by atoms with van der Waals surface area (Å²) in [5.41, 5.74) is 0.540. The van der Waals surface area contributed by atoms with E-state index >= 15 is 0 Å². The lowest BCUT2D eigenvalue weighted by Gasteiger charge is -2.08. The number of benzene rings is 1. The predicted octanol–water partition coefficient (Wildman–Crippen LogP) is 2.14. The Morgan fingerprint density at radius 1 is 1.50 bits per heavy atom. The summed E-state index contributed by atoms with van der Waals surface area (Å²) < 4.78 is 16.4. The Morgan fingerprint density at radius 2 is 2.14 bits per heavy atom. The van der Waals surface area contributed by atoms with E-state index in [1.165, 1.54) is 7.11 Å². The average Bonchev–Trinajstić information content (AvgIpc) is 2.06. The van der Waals surface area contributed by atoms with E-state index in [0.29, 0.717) is 15.8 Å². The smallest absolute Gasteiger partial charge is 0.329 e. The highest BCUT2D eigenvalue weighted by Crippen LogP contribution is 2.41. The lowest BCUT2D eigenvalue weighted by molar-refractivity contribution is 0.371. The first kappa shape index (κ1) is 11.7. The quantitative estimate of drug-likeness (QED) is 0.833. The van der Waals surface area contributed by atoms with Gasteiger partial charge in [0.1, 0.15) is 5.75 Å². The summed E-state index contributed by atoms with van der Waals surface area (Å²) in [5.74, 6) is 0.580. The number of hydrogen-bond donors (Lipinski definition) is 2. The van der Waals surface area contributed by atoms with Crippen LogP contribution in [0.2, 0.25) is 0 Å². The van der Waals surface area contributed by atoms with Crippen molar-refractivity contribution in [3.05, 3.63) is 28.2 Å². The molecule has 0 atom stereocenters. The summed E-state index contributed by atoms with van der Waals surface area (Å²) in [4.78, 5) is 17.6. The lowest BCUT2D eigenvalue weighted by atomic mass is 10.2. The molecule has 0 heterocycles. The van der Waals surface area contributed by atoms with Gasteiger partial charge in [0.2, 0.25) is 0 Å². The van der Waals surface area contributed by atoms with Crippen LogP contribution < -0.4 is 4.74 Å². The van der Waals surface area contributed by atoms with Gasteiger partial charge >= 0.3 is 7.60 Å². The largest absolute Gasteiger partial charge is 0.497 e. The zero-order valence-corrected chi connectivity index (χ0v) is 9.96. The Morgan fingerprint density at radius 3 is 2.64 bits per heavy atom. The van der Waals surface area contributed by atoms with Crippen molar-refractivity contribution in [2.45, 2.75) is 6.16 Å². The highest BCUT2D eigenvalue weighted by Gasteiger charge is 2.16. The first-order valence-corrected chi connectivity index (χ1v) is 6.38. The molecule has 0 amide bonds. The molecule has 0 aromatic heterocycles. The van der Waals surface area contributed by atoms with Gasteiger partial charge in [-0.3, -0.25) is 4.57 Å². The maximum Gasteiger partial charge on any atom is 0.329 e. The maximum atomic E-state index is 10.8. The number of ether oxygens (including phenoxy) is 1. The molecule has 6 heteroatoms. The van der Waals surface area contributed by atoms with Crippen molar-refractivity contribution in [2.24, 2.45) is 0 Å². The second kappa shape index (κ2) is 4.45. The van der Waals surface area contributed by atoms with E-state index < -0.39 is 7.60 Å². The Hall–Kier alpha value is -0.350. The van der Waals surface area contributed by atoms with Crippen LogP contribution in [-0.4, -0.2) is 16.9 Å². The van der Waals surface area contributed by atoms with Crippen LogP contribution in [0.4, 0.5) is 0 Å². The molecule has 0 saturated carbocycles. The van der Waals surface area contributed by atoms with E-state index in [2.05, 4.69) is 15.9 Å². The summed E-state index contributed by atoms with van der Waals surface area (Å²) in [6.07, 6.45) is -0.287. The van der Waals surface area contributed by atoms with Crippen molar-refractivity contribution in [1.29, 1.82) is 0 Å². The molecule has 0 saturated heterocycles. The molecule has 0 spiro atoms. The van der Waals surface area contributed by atoms with Crippen LogP contribution in [0.25, 0.3) is 0 Å². The van der Waals surface area contributed by atoms with Gasteiger partial charge in [-0.25, -0.2) is 0 Å². The van der Waals surface area contributed by atoms with Gasteiger partial charge in [0.05, 0.1) is 13.3 Å². The third-order valence-corrected chi connectivity index (χ3v) is 3.16. The SMILES string of the molecule is COc1ccc(Br)c(CP(=O)(O)O)c1. The third kappa shape index (κ3) is 3.42. The molecule has 0 aliphatic carbocycles. The molecule has 1 aromatic rings. The van der Waals surface area contributed by atoms with Crippen molar-refractivity contribution in [2.75, 3.05) is 7.11 Å². The molecule has 2 N–H and O–H groups in total. The van der Waals surface area contributed by atoms with Crippen molar-refractivity contribution in [3.63, 3.8) is 0 Å². The summed E-state index contributed by atoms with van der Waals surface area (Å²) in [5, 5.41) is 0. The van der Waals surface area contributed by atoms with Gasteiger partial charge in [-0.05, 0) is 23.8 Å². The number of hydrogen-bond acceptors (Lipinski definition) is 2. The van der Waals surface area contributed by atoms with E-state index in [9.17, 15) is 4.57 Å². The Balaban J connectivity index is 3.01. The monoisotopic (exact) mass is 280 g/mol. The first-order chi connectivity index (χ1) is 6.42. The van der Waals surface area contributed by atoms with Gasteiger partial charge in [-0.1, -0.05) is 15.9 Å². The van der Waals surface area contributed by atoms with Crippen LogP contribution >= 0.6 is 23.5 Å². The van der Waals surface area contributed by atoms with Gasteiger partial charge in [0, 0.05) is 4.47 Å². The highest BCUT2D eigenvalue weighted by molar-refractivity contribution is 9.10. The molecule has 0 unspecified atom stereocenters. The van der Waals surface area contributed by atoms with E-state index in [0.717, 1.165) is 0 Å². The molecule has 4 nitrogen and oxygen atoms in total. The van der Waals surface area contributed by atoms with Gasteiger partial charge in [0.25, 0.3) is 0 Å². The standard InChI is InChI=1S/C8H10BrO4P/c1-13-7-2-3-8(9)6(4-7)5-14(10,11)12/h2-4H,5H2,1H3,(H2,10,11,12). The van der Waals surface area contributed by atoms with Crippen molar-refractivity contribution >= 4 is 23.5 Å². The van der Waals surface area contributed by atoms with Crippen LogP contribution in [0.3, 0.4) is 0 Å². The van der Waals surface area contributed by atoms with E-state index in [4.69, 9.17) is 14.5 Å². The molecular formula is C8H10BrO4P. The van der Waals surface area contributed by atoms with Gasteiger partial charge < -0.3 is 14.5 Å². The lowest BCUT2D eigenvalue weighted by Crippen LogP contribution is -1.90. The van der Waals surface area contributed by atoms with Crippen molar-refractivity contribution in [1.82, 2.24) is 0 Å². The minimum Gasteiger partial charge on any atom is -0.497 e. The third-order valence-electron chi connectivity index (χ3n) is 1.63. The van der Waals surface area contributed by atoms with Gasteiger partial charge in [-0.2, -0.15) is 0 Å². The summed E-state index contributed by atoms with van der Waals surface area (Å²) in [6, 6.07) is 5.01. The minimum absolute atomic E-state index is 0.287. The summed E-state index contributed by atoms with van der Waals surface area (Å²) >= 11 is 3.21. The van der Waals surface area contributed by atoms with E-state index in [1.54, 1.807) is 18.2 Å². The van der Waals surface area contributed by atoms with Crippen molar-refractivity contribution in [3.8, 4) is 5.75 Å². The van der Waals surface area contributed by atoms with Crippen LogP contribution in [0.5, 0.6) is 5.75 Å². The maximum absolute atomic E-state index is 10.8. The number of halogens is 1. The minimum atomic E-state index is -4.03. The summed E-state index contributed by atoms with van der Waals surface area (Å²) in [6.45, 7) is 0. The normalized spacial score (nSPS) is 11.4. The van der Waals surface area contributed by atoms with Crippen LogP contribution in [0.1, 0.15) is 5.56 Å². The van der Waals surface area contributed by atoms with E-state index in [1.807, 2.05) is 0 Å². The fraction of sp³-hybridized carbons (Fsp3) is 0.250. The van der Waals surface area contributed by atoms with Gasteiger partial charge in [0.15, 0.2) is 0 Å². The van der Waals surface area contributed by atoms with Crippen molar-refractivity contribution < 1.29 is 19.1 Å². The topological polar surface area (TPSA) is 66.8 Å². The Labute approximate surface area is 90.2 Å². The van der Waals surface area contributed by atoms with E-state index in [-0.39, 0.29) is 6.16 Å². The molecule has 1 aromatic carbocycles. The first-order valence-electron chi connectivity index (χ1n) is 3.79. The molecule has 0 aliphatic heterocycles. The second-order valence-electron chi connectivity index (χ2n) is 2.78. The highest BCUT2D eigenvalue weighted by atomic mass is 79.9. The van der Waals surface area contributed by atoms with Gasteiger partial charge in [-0.15, -0.1) is 0 Å². The number of rotatable bonds is 3. The Kier molecular flexibility index (Phi) is 3.72. The molecule has 78 valence electrons. The molecule has 0 aliphatic rings. The molecule has 0 radical (unpaired) electrons. The zero-order chi connectivity index (χ0) is 10.8. The number of methoxy groups -OCH3 is 1. The fourth-order valence-electron chi connectivity index (χ4n) is 1.02. The van der Waals surface area contributed by atoms with Crippen LogP contribution in [-0.2, 0) is 10.7 Å².